The molecule has 7 nitrogen and oxygen atoms in total. The third-order valence-corrected chi connectivity index (χ3v) is 2.71. The van der Waals surface area contributed by atoms with Crippen LogP contribution in [0.5, 0.6) is 0 Å². The van der Waals surface area contributed by atoms with Gasteiger partial charge in [-0.3, -0.25) is 15.2 Å². The van der Waals surface area contributed by atoms with E-state index in [0.29, 0.717) is 37.4 Å². The lowest BCUT2D eigenvalue weighted by Gasteiger charge is -2.26. The Kier molecular flexibility index (Phi) is 4.80. The Morgan fingerprint density at radius 1 is 1.35 bits per heavy atom. The second-order valence-corrected chi connectivity index (χ2v) is 4.22. The Morgan fingerprint density at radius 2 is 2.10 bits per heavy atom. The molecule has 1 saturated heterocycles. The standard InChI is InChI=1S/C13H15N3O4/c17-12(18)2-1-10-7-11(9-14-8-10)13(19)15-16-3-5-20-6-4-16/h1-2,7-9H,3-6H2,(H,15,19)(H,17,18)/b2-1+. The zero-order valence-corrected chi connectivity index (χ0v) is 10.8. The summed E-state index contributed by atoms with van der Waals surface area (Å²) in [6, 6.07) is 1.59. The molecule has 0 aromatic carbocycles. The first-order valence-electron chi connectivity index (χ1n) is 6.15. The van der Waals surface area contributed by atoms with Gasteiger partial charge in [0.15, 0.2) is 0 Å². The zero-order valence-electron chi connectivity index (χ0n) is 10.8. The van der Waals surface area contributed by atoms with E-state index in [9.17, 15) is 9.59 Å². The van der Waals surface area contributed by atoms with E-state index in [4.69, 9.17) is 9.84 Å². The molecule has 1 aromatic heterocycles. The van der Waals surface area contributed by atoms with Crippen molar-refractivity contribution in [2.75, 3.05) is 26.3 Å². The van der Waals surface area contributed by atoms with E-state index in [-0.39, 0.29) is 5.91 Å². The molecule has 1 aliphatic heterocycles. The van der Waals surface area contributed by atoms with Crippen molar-refractivity contribution in [3.63, 3.8) is 0 Å². The average molecular weight is 277 g/mol. The number of ether oxygens (including phenoxy) is 1. The highest BCUT2D eigenvalue weighted by molar-refractivity contribution is 5.94. The maximum Gasteiger partial charge on any atom is 0.328 e. The summed E-state index contributed by atoms with van der Waals surface area (Å²) in [5.41, 5.74) is 3.70. The minimum absolute atomic E-state index is 0.273. The van der Waals surface area contributed by atoms with Crippen LogP contribution < -0.4 is 5.43 Å². The first-order valence-corrected chi connectivity index (χ1v) is 6.15. The minimum atomic E-state index is -1.05. The highest BCUT2D eigenvalue weighted by Crippen LogP contribution is 2.05. The maximum atomic E-state index is 12.0. The van der Waals surface area contributed by atoms with Gasteiger partial charge in [0, 0.05) is 31.6 Å². The van der Waals surface area contributed by atoms with Crippen LogP contribution >= 0.6 is 0 Å². The molecule has 0 saturated carbocycles. The highest BCUT2D eigenvalue weighted by atomic mass is 16.5. The van der Waals surface area contributed by atoms with Gasteiger partial charge in [-0.25, -0.2) is 9.80 Å². The summed E-state index contributed by atoms with van der Waals surface area (Å²) in [6.07, 6.45) is 5.32. The van der Waals surface area contributed by atoms with Crippen molar-refractivity contribution in [3.8, 4) is 0 Å². The fraction of sp³-hybridized carbons (Fsp3) is 0.308. The Hall–Kier alpha value is -2.25. The number of hydrogen-bond acceptors (Lipinski definition) is 5. The fourth-order valence-electron chi connectivity index (χ4n) is 1.72. The third kappa shape index (κ3) is 4.15. The lowest BCUT2D eigenvalue weighted by atomic mass is 10.2. The number of hydrazine groups is 1. The van der Waals surface area contributed by atoms with E-state index < -0.39 is 5.97 Å². The van der Waals surface area contributed by atoms with Crippen molar-refractivity contribution >= 4 is 18.0 Å². The molecule has 1 aromatic rings. The molecule has 2 heterocycles. The smallest absolute Gasteiger partial charge is 0.328 e. The van der Waals surface area contributed by atoms with Gasteiger partial charge >= 0.3 is 5.97 Å². The summed E-state index contributed by atoms with van der Waals surface area (Å²) in [7, 11) is 0. The van der Waals surface area contributed by atoms with Crippen LogP contribution in [0.1, 0.15) is 15.9 Å². The molecule has 1 amide bonds. The molecule has 1 aliphatic rings. The molecule has 2 N–H and O–H groups in total. The molecule has 0 spiro atoms. The van der Waals surface area contributed by atoms with Gasteiger partial charge in [-0.1, -0.05) is 0 Å². The number of carboxylic acid groups (broad SMARTS) is 1. The van der Waals surface area contributed by atoms with Crippen LogP contribution in [0.15, 0.2) is 24.5 Å². The average Bonchev–Trinajstić information content (AvgIpc) is 2.46. The van der Waals surface area contributed by atoms with Crippen LogP contribution in [0.3, 0.4) is 0 Å². The number of aliphatic carboxylic acids is 1. The predicted molar refractivity (Wildman–Crippen MR) is 70.8 cm³/mol. The van der Waals surface area contributed by atoms with Crippen molar-refractivity contribution in [2.24, 2.45) is 0 Å². The van der Waals surface area contributed by atoms with Crippen molar-refractivity contribution in [1.82, 2.24) is 15.4 Å². The molecule has 0 bridgehead atoms. The van der Waals surface area contributed by atoms with Crippen molar-refractivity contribution < 1.29 is 19.4 Å². The number of pyridine rings is 1. The van der Waals surface area contributed by atoms with Crippen molar-refractivity contribution in [3.05, 3.63) is 35.7 Å². The van der Waals surface area contributed by atoms with Gasteiger partial charge < -0.3 is 9.84 Å². The number of nitrogens with zero attached hydrogens (tertiary/aromatic N) is 2. The van der Waals surface area contributed by atoms with Gasteiger partial charge in [-0.05, 0) is 17.7 Å². The zero-order chi connectivity index (χ0) is 14.4. The first-order chi connectivity index (χ1) is 9.65. The maximum absolute atomic E-state index is 12.0. The van der Waals surface area contributed by atoms with Crippen LogP contribution in [0, 0.1) is 0 Å². The molecule has 0 unspecified atom stereocenters. The SMILES string of the molecule is O=C(O)/C=C/c1cncc(C(=O)NN2CCOCC2)c1. The second-order valence-electron chi connectivity index (χ2n) is 4.22. The summed E-state index contributed by atoms with van der Waals surface area (Å²) in [5.74, 6) is -1.32. The molecule has 7 heteroatoms. The molecule has 0 atom stereocenters. The van der Waals surface area contributed by atoms with Crippen molar-refractivity contribution in [2.45, 2.75) is 0 Å². The number of hydrogen-bond donors (Lipinski definition) is 2. The Labute approximate surface area is 115 Å². The Morgan fingerprint density at radius 3 is 2.80 bits per heavy atom. The normalized spacial score (nSPS) is 16.2. The van der Waals surface area contributed by atoms with Gasteiger partial charge in [-0.2, -0.15) is 0 Å². The number of carbonyl (C=O) groups is 2. The largest absolute Gasteiger partial charge is 0.478 e. The van der Waals surface area contributed by atoms with Crippen LogP contribution in [-0.4, -0.2) is 53.3 Å². The summed E-state index contributed by atoms with van der Waals surface area (Å²) < 4.78 is 5.19. The monoisotopic (exact) mass is 277 g/mol. The molecular formula is C13H15N3O4. The van der Waals surface area contributed by atoms with Gasteiger partial charge in [0.25, 0.3) is 5.91 Å². The van der Waals surface area contributed by atoms with Crippen LogP contribution in [0.25, 0.3) is 6.08 Å². The number of carboxylic acids is 1. The summed E-state index contributed by atoms with van der Waals surface area (Å²) in [5, 5.41) is 10.3. The predicted octanol–water partition coefficient (Wildman–Crippen LogP) is 0.156. The number of amides is 1. The number of rotatable bonds is 4. The first kappa shape index (κ1) is 14.2. The van der Waals surface area contributed by atoms with E-state index in [2.05, 4.69) is 10.4 Å². The summed E-state index contributed by atoms with van der Waals surface area (Å²) >= 11 is 0. The van der Waals surface area contributed by atoms with Gasteiger partial charge in [0.1, 0.15) is 0 Å². The number of carbonyl (C=O) groups excluding carboxylic acids is 1. The molecule has 0 radical (unpaired) electrons. The lowest BCUT2D eigenvalue weighted by Crippen LogP contribution is -2.48. The number of aromatic nitrogens is 1. The summed E-state index contributed by atoms with van der Waals surface area (Å²) in [4.78, 5) is 26.4. The van der Waals surface area contributed by atoms with E-state index in [1.807, 2.05) is 0 Å². The topological polar surface area (TPSA) is 91.8 Å². The molecule has 20 heavy (non-hydrogen) atoms. The molecular weight excluding hydrogens is 262 g/mol. The molecule has 1 fully saturated rings. The Bertz CT molecular complexity index is 524. The lowest BCUT2D eigenvalue weighted by molar-refractivity contribution is -0.131. The highest BCUT2D eigenvalue weighted by Gasteiger charge is 2.14. The molecule has 106 valence electrons. The van der Waals surface area contributed by atoms with Gasteiger partial charge in [0.2, 0.25) is 0 Å². The van der Waals surface area contributed by atoms with Crippen LogP contribution in [0.2, 0.25) is 0 Å². The number of nitrogens with one attached hydrogen (secondary N) is 1. The van der Waals surface area contributed by atoms with Gasteiger partial charge in [0.05, 0.1) is 18.8 Å². The second kappa shape index (κ2) is 6.78. The van der Waals surface area contributed by atoms with Crippen molar-refractivity contribution in [1.29, 1.82) is 0 Å². The van der Waals surface area contributed by atoms with Crippen LogP contribution in [0.4, 0.5) is 0 Å². The van der Waals surface area contributed by atoms with E-state index >= 15 is 0 Å². The van der Waals surface area contributed by atoms with Gasteiger partial charge in [-0.15, -0.1) is 0 Å². The Balaban J connectivity index is 2.02. The minimum Gasteiger partial charge on any atom is -0.478 e. The van der Waals surface area contributed by atoms with E-state index in [0.717, 1.165) is 6.08 Å². The third-order valence-electron chi connectivity index (χ3n) is 2.71. The molecule has 0 aliphatic carbocycles. The van der Waals surface area contributed by atoms with E-state index in [1.165, 1.54) is 18.5 Å². The summed E-state index contributed by atoms with van der Waals surface area (Å²) in [6.45, 7) is 2.44. The fourth-order valence-corrected chi connectivity index (χ4v) is 1.72. The number of morpholine rings is 1. The van der Waals surface area contributed by atoms with E-state index in [1.54, 1.807) is 11.1 Å². The quantitative estimate of drug-likeness (QED) is 0.762. The van der Waals surface area contributed by atoms with Crippen LogP contribution in [-0.2, 0) is 9.53 Å². The molecule has 2 rings (SSSR count).